The maximum Gasteiger partial charge on any atom is 0.127 e. The van der Waals surface area contributed by atoms with Gasteiger partial charge in [-0.05, 0) is 13.0 Å². The van der Waals surface area contributed by atoms with Gasteiger partial charge in [0.25, 0.3) is 0 Å². The molecule has 4 heteroatoms. The van der Waals surface area contributed by atoms with Gasteiger partial charge in [0.05, 0.1) is 26.4 Å². The molecule has 0 fully saturated rings. The van der Waals surface area contributed by atoms with Crippen molar-refractivity contribution in [3.8, 4) is 17.6 Å². The Kier molecular flexibility index (Phi) is 4.15. The van der Waals surface area contributed by atoms with E-state index in [9.17, 15) is 5.11 Å². The van der Waals surface area contributed by atoms with E-state index in [4.69, 9.17) is 14.7 Å². The third-order valence-electron chi connectivity index (χ3n) is 2.40. The molecule has 16 heavy (non-hydrogen) atoms. The van der Waals surface area contributed by atoms with Crippen LogP contribution in [0.4, 0.5) is 0 Å². The molecule has 0 spiro atoms. The van der Waals surface area contributed by atoms with Gasteiger partial charge in [-0.25, -0.2) is 0 Å². The summed E-state index contributed by atoms with van der Waals surface area (Å²) in [6.45, 7) is 1.58. The normalized spacial score (nSPS) is 13.7. The second-order valence-corrected chi connectivity index (χ2v) is 3.46. The molecular weight excluding hydrogens is 206 g/mol. The van der Waals surface area contributed by atoms with E-state index in [-0.39, 0.29) is 0 Å². The van der Waals surface area contributed by atoms with Crippen LogP contribution in [0.3, 0.4) is 0 Å². The predicted molar refractivity (Wildman–Crippen MR) is 59.6 cm³/mol. The average molecular weight is 221 g/mol. The molecule has 0 bridgehead atoms. The molecule has 0 radical (unpaired) electrons. The minimum Gasteiger partial charge on any atom is -0.497 e. The molecule has 2 atom stereocenters. The summed E-state index contributed by atoms with van der Waals surface area (Å²) in [6.07, 6.45) is -0.743. The fraction of sp³-hybridized carbons (Fsp3) is 0.417. The molecule has 1 aromatic carbocycles. The summed E-state index contributed by atoms with van der Waals surface area (Å²) < 4.78 is 10.2. The number of methoxy groups -OCH3 is 2. The highest BCUT2D eigenvalue weighted by Gasteiger charge is 2.20. The minimum absolute atomic E-state index is 0.548. The summed E-state index contributed by atoms with van der Waals surface area (Å²) in [5.41, 5.74) is 0.667. The number of ether oxygens (including phenoxy) is 2. The molecule has 86 valence electrons. The van der Waals surface area contributed by atoms with Crippen molar-refractivity contribution in [2.45, 2.75) is 18.9 Å². The Hall–Kier alpha value is -1.73. The molecule has 1 aromatic rings. The number of aliphatic hydroxyl groups is 1. The van der Waals surface area contributed by atoms with Crippen molar-refractivity contribution >= 4 is 0 Å². The van der Waals surface area contributed by atoms with Crippen LogP contribution in [0.25, 0.3) is 0 Å². The SMILES string of the molecule is COc1ccc(C(C#N)C(C)O)c(OC)c1. The highest BCUT2D eigenvalue weighted by atomic mass is 16.5. The van der Waals surface area contributed by atoms with Crippen LogP contribution < -0.4 is 9.47 Å². The lowest BCUT2D eigenvalue weighted by molar-refractivity contribution is 0.180. The molecule has 0 aromatic heterocycles. The number of benzene rings is 1. The Balaban J connectivity index is 3.18. The largest absolute Gasteiger partial charge is 0.497 e. The van der Waals surface area contributed by atoms with E-state index in [1.54, 1.807) is 32.2 Å². The van der Waals surface area contributed by atoms with Crippen LogP contribution in [0.15, 0.2) is 18.2 Å². The van der Waals surface area contributed by atoms with Crippen LogP contribution in [-0.2, 0) is 0 Å². The van der Waals surface area contributed by atoms with Crippen molar-refractivity contribution in [2.75, 3.05) is 14.2 Å². The lowest BCUT2D eigenvalue weighted by Crippen LogP contribution is -2.13. The summed E-state index contributed by atoms with van der Waals surface area (Å²) in [5.74, 6) is 0.607. The number of hydrogen-bond donors (Lipinski definition) is 1. The Morgan fingerprint density at radius 1 is 1.31 bits per heavy atom. The predicted octanol–water partition coefficient (Wildman–Crippen LogP) is 1.69. The number of rotatable bonds is 4. The molecule has 0 amide bonds. The van der Waals surface area contributed by atoms with E-state index in [1.807, 2.05) is 0 Å². The van der Waals surface area contributed by atoms with E-state index in [0.717, 1.165) is 0 Å². The van der Waals surface area contributed by atoms with Gasteiger partial charge in [-0.15, -0.1) is 0 Å². The van der Waals surface area contributed by atoms with Crippen molar-refractivity contribution in [2.24, 2.45) is 0 Å². The van der Waals surface area contributed by atoms with Crippen LogP contribution in [0, 0.1) is 11.3 Å². The Morgan fingerprint density at radius 2 is 2.00 bits per heavy atom. The summed E-state index contributed by atoms with van der Waals surface area (Å²) in [4.78, 5) is 0. The zero-order chi connectivity index (χ0) is 12.1. The van der Waals surface area contributed by atoms with Gasteiger partial charge < -0.3 is 14.6 Å². The highest BCUT2D eigenvalue weighted by molar-refractivity contribution is 5.45. The Labute approximate surface area is 95.0 Å². The van der Waals surface area contributed by atoms with Crippen molar-refractivity contribution in [1.29, 1.82) is 5.26 Å². The van der Waals surface area contributed by atoms with E-state index in [1.165, 1.54) is 7.11 Å². The van der Waals surface area contributed by atoms with Gasteiger partial charge in [0.2, 0.25) is 0 Å². The molecule has 1 N–H and O–H groups in total. The van der Waals surface area contributed by atoms with Crippen LogP contribution in [0.2, 0.25) is 0 Å². The van der Waals surface area contributed by atoms with E-state index in [2.05, 4.69) is 6.07 Å². The summed E-state index contributed by atoms with van der Waals surface area (Å²) in [6, 6.07) is 7.23. The fourth-order valence-electron chi connectivity index (χ4n) is 1.51. The molecule has 2 unspecified atom stereocenters. The van der Waals surface area contributed by atoms with Crippen molar-refractivity contribution in [1.82, 2.24) is 0 Å². The standard InChI is InChI=1S/C12H15NO3/c1-8(14)11(7-13)10-5-4-9(15-2)6-12(10)16-3/h4-6,8,11,14H,1-3H3. The zero-order valence-electron chi connectivity index (χ0n) is 9.60. The first-order valence-electron chi connectivity index (χ1n) is 4.93. The van der Waals surface area contributed by atoms with Gasteiger partial charge in [0, 0.05) is 11.6 Å². The van der Waals surface area contributed by atoms with E-state index < -0.39 is 12.0 Å². The van der Waals surface area contributed by atoms with Crippen LogP contribution in [0.5, 0.6) is 11.5 Å². The number of aliphatic hydroxyl groups excluding tert-OH is 1. The van der Waals surface area contributed by atoms with Gasteiger partial charge in [0.15, 0.2) is 0 Å². The van der Waals surface area contributed by atoms with Crippen LogP contribution >= 0.6 is 0 Å². The molecular formula is C12H15NO3. The molecule has 0 saturated carbocycles. The van der Waals surface area contributed by atoms with Gasteiger partial charge in [0.1, 0.15) is 17.4 Å². The molecule has 0 aliphatic rings. The number of nitriles is 1. The average Bonchev–Trinajstić information content (AvgIpc) is 2.29. The summed E-state index contributed by atoms with van der Waals surface area (Å²) in [5, 5.41) is 18.5. The van der Waals surface area contributed by atoms with Gasteiger partial charge >= 0.3 is 0 Å². The summed E-state index contributed by atoms with van der Waals surface area (Å²) >= 11 is 0. The first kappa shape index (κ1) is 12.3. The van der Waals surface area contributed by atoms with Gasteiger partial charge in [-0.1, -0.05) is 6.07 Å². The highest BCUT2D eigenvalue weighted by Crippen LogP contribution is 2.31. The lowest BCUT2D eigenvalue weighted by Gasteiger charge is -2.16. The lowest BCUT2D eigenvalue weighted by atomic mass is 9.95. The summed E-state index contributed by atoms with van der Waals surface area (Å²) in [7, 11) is 3.08. The monoisotopic (exact) mass is 221 g/mol. The number of hydrogen-bond acceptors (Lipinski definition) is 4. The molecule has 0 aliphatic carbocycles. The first-order chi connectivity index (χ1) is 7.63. The van der Waals surface area contributed by atoms with Crippen molar-refractivity contribution < 1.29 is 14.6 Å². The van der Waals surface area contributed by atoms with Crippen LogP contribution in [0.1, 0.15) is 18.4 Å². The third-order valence-corrected chi connectivity index (χ3v) is 2.40. The second kappa shape index (κ2) is 5.38. The van der Waals surface area contributed by atoms with Gasteiger partial charge in [-0.3, -0.25) is 0 Å². The fourth-order valence-corrected chi connectivity index (χ4v) is 1.51. The first-order valence-corrected chi connectivity index (χ1v) is 4.93. The van der Waals surface area contributed by atoms with E-state index >= 15 is 0 Å². The number of nitrogens with zero attached hydrogens (tertiary/aromatic N) is 1. The van der Waals surface area contributed by atoms with Crippen LogP contribution in [-0.4, -0.2) is 25.4 Å². The van der Waals surface area contributed by atoms with Crippen molar-refractivity contribution in [3.63, 3.8) is 0 Å². The maximum absolute atomic E-state index is 9.50. The van der Waals surface area contributed by atoms with Crippen molar-refractivity contribution in [3.05, 3.63) is 23.8 Å². The van der Waals surface area contributed by atoms with E-state index in [0.29, 0.717) is 17.1 Å². The molecule has 0 saturated heterocycles. The second-order valence-electron chi connectivity index (χ2n) is 3.46. The molecule has 0 aliphatic heterocycles. The maximum atomic E-state index is 9.50. The smallest absolute Gasteiger partial charge is 0.127 e. The minimum atomic E-state index is -0.743. The topological polar surface area (TPSA) is 62.5 Å². The molecule has 1 rings (SSSR count). The molecule has 0 heterocycles. The Morgan fingerprint density at radius 3 is 2.44 bits per heavy atom. The Bertz CT molecular complexity index is 396. The zero-order valence-corrected chi connectivity index (χ0v) is 9.60. The molecule has 4 nitrogen and oxygen atoms in total. The van der Waals surface area contributed by atoms with Gasteiger partial charge in [-0.2, -0.15) is 5.26 Å². The quantitative estimate of drug-likeness (QED) is 0.840. The third kappa shape index (κ3) is 2.44.